The van der Waals surface area contributed by atoms with Crippen molar-refractivity contribution in [3.8, 4) is 11.5 Å². The zero-order valence-corrected chi connectivity index (χ0v) is 18.5. The maximum absolute atomic E-state index is 12.4. The molecule has 1 aromatic rings. The molecule has 0 aliphatic heterocycles. The van der Waals surface area contributed by atoms with E-state index in [4.69, 9.17) is 19.2 Å². The van der Waals surface area contributed by atoms with Crippen molar-refractivity contribution in [1.82, 2.24) is 10.2 Å². The number of carbonyl (C=O) groups excluding carboxylic acids is 1. The second-order valence-electron chi connectivity index (χ2n) is 6.26. The highest BCUT2D eigenvalue weighted by atomic mass is 31.2. The molecule has 0 fully saturated rings. The van der Waals surface area contributed by atoms with Crippen LogP contribution in [0.5, 0.6) is 11.5 Å². The molecule has 0 aliphatic carbocycles. The molecular weight excluding hydrogens is 489 g/mol. The second-order valence-corrected chi connectivity index (χ2v) is 7.29. The standard InChI is InChI=1S/C17H22F6N2O3.H3O4P/c1-3-25(4-2)8-7-24-15(26)13-9-12(27-10-16(18,19)20)5-6-14(13)28-11-17(21,22)23;1-5(2,3)4/h5-6,9H,3-4,7-8,10-11H2,1-2H3,(H,24,26);(H3,1,2,3,4). The number of nitrogens with zero attached hydrogens (tertiary/aromatic N) is 1. The summed E-state index contributed by atoms with van der Waals surface area (Å²) >= 11 is 0. The molecular formula is C17H25F6N2O7P. The third-order valence-electron chi connectivity index (χ3n) is 3.60. The lowest BCUT2D eigenvalue weighted by Crippen LogP contribution is -2.35. The number of rotatable bonds is 10. The van der Waals surface area contributed by atoms with Gasteiger partial charge in [0, 0.05) is 13.1 Å². The summed E-state index contributed by atoms with van der Waals surface area (Å²) < 4.78 is 92.1. The highest BCUT2D eigenvalue weighted by Gasteiger charge is 2.30. The largest absolute Gasteiger partial charge is 0.484 e. The van der Waals surface area contributed by atoms with Crippen molar-refractivity contribution in [2.45, 2.75) is 26.2 Å². The Bertz CT molecular complexity index is 774. The van der Waals surface area contributed by atoms with E-state index in [-0.39, 0.29) is 17.9 Å². The van der Waals surface area contributed by atoms with Crippen LogP contribution >= 0.6 is 7.82 Å². The third kappa shape index (κ3) is 17.1. The van der Waals surface area contributed by atoms with E-state index in [9.17, 15) is 31.1 Å². The molecule has 0 bridgehead atoms. The number of amides is 1. The number of ether oxygens (including phenoxy) is 2. The van der Waals surface area contributed by atoms with Gasteiger partial charge >= 0.3 is 20.2 Å². The molecule has 0 unspecified atom stereocenters. The van der Waals surface area contributed by atoms with Gasteiger partial charge < -0.3 is 34.4 Å². The molecule has 0 heterocycles. The van der Waals surface area contributed by atoms with E-state index in [1.165, 1.54) is 0 Å². The van der Waals surface area contributed by atoms with Crippen molar-refractivity contribution in [3.05, 3.63) is 23.8 Å². The Morgan fingerprint density at radius 3 is 1.94 bits per heavy atom. The quantitative estimate of drug-likeness (QED) is 0.277. The fourth-order valence-electron chi connectivity index (χ4n) is 2.19. The lowest BCUT2D eigenvalue weighted by Gasteiger charge is -2.19. The molecule has 1 rings (SSSR count). The van der Waals surface area contributed by atoms with Crippen LogP contribution in [0.4, 0.5) is 26.3 Å². The van der Waals surface area contributed by atoms with E-state index >= 15 is 0 Å². The van der Waals surface area contributed by atoms with E-state index in [0.29, 0.717) is 6.54 Å². The minimum absolute atomic E-state index is 0.201. The van der Waals surface area contributed by atoms with E-state index in [0.717, 1.165) is 31.3 Å². The minimum atomic E-state index is -4.64. The molecule has 9 nitrogen and oxygen atoms in total. The van der Waals surface area contributed by atoms with E-state index in [2.05, 4.69) is 14.8 Å². The SMILES string of the molecule is CCN(CC)CCNC(=O)c1cc(OCC(F)(F)F)ccc1OCC(F)(F)F.O=P(O)(O)O. The number of halogens is 6. The van der Waals surface area contributed by atoms with Gasteiger partial charge in [-0.2, -0.15) is 26.3 Å². The lowest BCUT2D eigenvalue weighted by molar-refractivity contribution is -0.154. The van der Waals surface area contributed by atoms with Crippen molar-refractivity contribution in [3.63, 3.8) is 0 Å². The summed E-state index contributed by atoms with van der Waals surface area (Å²) in [6, 6.07) is 2.89. The normalized spacial score (nSPS) is 12.1. The van der Waals surface area contributed by atoms with Gasteiger partial charge in [-0.15, -0.1) is 0 Å². The first-order chi connectivity index (χ1) is 14.9. The third-order valence-corrected chi connectivity index (χ3v) is 3.60. The summed E-state index contributed by atoms with van der Waals surface area (Å²) in [5.74, 6) is -1.50. The zero-order valence-electron chi connectivity index (χ0n) is 17.6. The first-order valence-electron chi connectivity index (χ1n) is 9.27. The Hall–Kier alpha value is -2.06. The Balaban J connectivity index is 0.00000184. The lowest BCUT2D eigenvalue weighted by atomic mass is 10.1. The summed E-state index contributed by atoms with van der Waals surface area (Å²) in [7, 11) is -4.64. The molecule has 1 amide bonds. The van der Waals surface area contributed by atoms with Crippen LogP contribution in [0.15, 0.2) is 18.2 Å². The molecule has 1 aromatic carbocycles. The second kappa shape index (κ2) is 13.6. The van der Waals surface area contributed by atoms with E-state index < -0.39 is 45.0 Å². The number of nitrogens with one attached hydrogen (secondary N) is 1. The summed E-state index contributed by atoms with van der Waals surface area (Å²) in [5.41, 5.74) is -0.344. The molecule has 0 saturated heterocycles. The van der Waals surface area contributed by atoms with Gasteiger partial charge in [0.25, 0.3) is 5.91 Å². The summed E-state index contributed by atoms with van der Waals surface area (Å²) in [5, 5.41) is 2.52. The molecule has 0 radical (unpaired) electrons. The Labute approximate surface area is 185 Å². The molecule has 0 aliphatic rings. The van der Waals surface area contributed by atoms with Crippen LogP contribution in [0.3, 0.4) is 0 Å². The maximum Gasteiger partial charge on any atom is 0.466 e. The average molecular weight is 514 g/mol. The van der Waals surface area contributed by atoms with Crippen molar-refractivity contribution >= 4 is 13.7 Å². The fraction of sp³-hybridized carbons (Fsp3) is 0.588. The molecule has 0 aromatic heterocycles. The van der Waals surface area contributed by atoms with Crippen LogP contribution < -0.4 is 14.8 Å². The number of alkyl halides is 6. The van der Waals surface area contributed by atoms with E-state index in [1.807, 2.05) is 18.7 Å². The zero-order chi connectivity index (χ0) is 25.9. The minimum Gasteiger partial charge on any atom is -0.484 e. The molecule has 0 spiro atoms. The van der Waals surface area contributed by atoms with Crippen LogP contribution in [0, 0.1) is 0 Å². The highest BCUT2D eigenvalue weighted by molar-refractivity contribution is 7.45. The van der Waals surface area contributed by atoms with Crippen LogP contribution in [0.1, 0.15) is 24.2 Å². The monoisotopic (exact) mass is 514 g/mol. The first kappa shape index (κ1) is 30.9. The number of phosphoric acid groups is 1. The van der Waals surface area contributed by atoms with Crippen molar-refractivity contribution in [1.29, 1.82) is 0 Å². The average Bonchev–Trinajstić information content (AvgIpc) is 2.65. The van der Waals surface area contributed by atoms with Gasteiger partial charge in [0.1, 0.15) is 11.5 Å². The number of hydrogen-bond donors (Lipinski definition) is 4. The van der Waals surface area contributed by atoms with Crippen molar-refractivity contribution < 1.29 is 59.9 Å². The number of benzene rings is 1. The molecule has 0 atom stereocenters. The predicted molar refractivity (Wildman–Crippen MR) is 104 cm³/mol. The van der Waals surface area contributed by atoms with Crippen molar-refractivity contribution in [2.24, 2.45) is 0 Å². The van der Waals surface area contributed by atoms with Gasteiger partial charge in [0.05, 0.1) is 5.56 Å². The van der Waals surface area contributed by atoms with Gasteiger partial charge in [-0.1, -0.05) is 13.8 Å². The van der Waals surface area contributed by atoms with Gasteiger partial charge in [-0.05, 0) is 31.3 Å². The van der Waals surface area contributed by atoms with E-state index in [1.54, 1.807) is 0 Å². The molecule has 0 saturated carbocycles. The van der Waals surface area contributed by atoms with Crippen LogP contribution in [-0.2, 0) is 4.57 Å². The fourth-order valence-corrected chi connectivity index (χ4v) is 2.19. The molecule has 33 heavy (non-hydrogen) atoms. The van der Waals surface area contributed by atoms with Crippen LogP contribution in [-0.4, -0.2) is 77.2 Å². The summed E-state index contributed by atoms with van der Waals surface area (Å²) in [4.78, 5) is 35.9. The van der Waals surface area contributed by atoms with Crippen LogP contribution in [0.25, 0.3) is 0 Å². The van der Waals surface area contributed by atoms with Gasteiger partial charge in [-0.3, -0.25) is 4.79 Å². The predicted octanol–water partition coefficient (Wildman–Crippen LogP) is 2.71. The summed E-state index contributed by atoms with van der Waals surface area (Å²) in [6.07, 6.45) is -9.24. The van der Waals surface area contributed by atoms with Gasteiger partial charge in [-0.25, -0.2) is 4.57 Å². The maximum atomic E-state index is 12.4. The summed E-state index contributed by atoms with van der Waals surface area (Å²) in [6.45, 7) is 2.80. The molecule has 192 valence electrons. The van der Waals surface area contributed by atoms with Gasteiger partial charge in [0.15, 0.2) is 13.2 Å². The molecule has 4 N–H and O–H groups in total. The van der Waals surface area contributed by atoms with Crippen molar-refractivity contribution in [2.75, 3.05) is 39.4 Å². The number of likely N-dealkylation sites (N-methyl/N-ethyl adjacent to an activating group) is 1. The van der Waals surface area contributed by atoms with Gasteiger partial charge in [0.2, 0.25) is 0 Å². The Morgan fingerprint density at radius 2 is 1.48 bits per heavy atom. The Kier molecular flexibility index (Phi) is 12.8. The number of hydrogen-bond acceptors (Lipinski definition) is 5. The molecule has 16 heteroatoms. The highest BCUT2D eigenvalue weighted by Crippen LogP contribution is 2.28. The first-order valence-corrected chi connectivity index (χ1v) is 10.8. The smallest absolute Gasteiger partial charge is 0.466 e. The number of carbonyl (C=O) groups is 1. The Morgan fingerprint density at radius 1 is 1.00 bits per heavy atom. The topological polar surface area (TPSA) is 129 Å². The van der Waals surface area contributed by atoms with Crippen LogP contribution in [0.2, 0.25) is 0 Å².